The van der Waals surface area contributed by atoms with Crippen LogP contribution in [0.4, 0.5) is 0 Å². The number of thiophene rings is 1. The van der Waals surface area contributed by atoms with Crippen molar-refractivity contribution >= 4 is 11.3 Å². The highest BCUT2D eigenvalue weighted by Crippen LogP contribution is 2.24. The van der Waals surface area contributed by atoms with Crippen LogP contribution in [0.5, 0.6) is 0 Å². The van der Waals surface area contributed by atoms with E-state index in [9.17, 15) is 0 Å². The normalized spacial score (nSPS) is 13.6. The van der Waals surface area contributed by atoms with Gasteiger partial charge in [-0.25, -0.2) is 0 Å². The maximum absolute atomic E-state index is 6.25. The van der Waals surface area contributed by atoms with Gasteiger partial charge in [-0.2, -0.15) is 11.3 Å². The molecule has 0 fully saturated rings. The van der Waals surface area contributed by atoms with Crippen molar-refractivity contribution in [3.63, 3.8) is 0 Å². The van der Waals surface area contributed by atoms with Gasteiger partial charge >= 0.3 is 0 Å². The predicted molar refractivity (Wildman–Crippen MR) is 80.1 cm³/mol. The summed E-state index contributed by atoms with van der Waals surface area (Å²) in [5.74, 6) is 0. The zero-order chi connectivity index (χ0) is 13.2. The first-order valence-corrected chi connectivity index (χ1v) is 7.28. The molecule has 0 bridgehead atoms. The van der Waals surface area contributed by atoms with E-state index in [0.29, 0.717) is 0 Å². The minimum atomic E-state index is 0.0913. The number of hydrogen-bond acceptors (Lipinski definition) is 2. The average Bonchev–Trinajstić information content (AvgIpc) is 2.81. The van der Waals surface area contributed by atoms with Crippen molar-refractivity contribution in [3.8, 4) is 0 Å². The first kappa shape index (κ1) is 13.3. The van der Waals surface area contributed by atoms with Gasteiger partial charge in [0, 0.05) is 6.04 Å². The molecular formula is C16H21NS. The highest BCUT2D eigenvalue weighted by molar-refractivity contribution is 7.07. The van der Waals surface area contributed by atoms with Gasteiger partial charge in [0.05, 0.1) is 0 Å². The molecule has 0 amide bonds. The van der Waals surface area contributed by atoms with Crippen molar-refractivity contribution in [3.05, 3.63) is 57.8 Å². The first-order valence-electron chi connectivity index (χ1n) is 6.34. The highest BCUT2D eigenvalue weighted by Gasteiger charge is 2.14. The molecule has 0 aliphatic carbocycles. The Balaban J connectivity index is 2.10. The fourth-order valence-electron chi connectivity index (χ4n) is 2.01. The Morgan fingerprint density at radius 3 is 2.28 bits per heavy atom. The van der Waals surface area contributed by atoms with E-state index in [4.69, 9.17) is 5.73 Å². The van der Waals surface area contributed by atoms with E-state index in [1.54, 1.807) is 11.3 Å². The molecule has 18 heavy (non-hydrogen) atoms. The summed E-state index contributed by atoms with van der Waals surface area (Å²) in [5, 5.41) is 4.27. The molecule has 0 radical (unpaired) electrons. The fraction of sp³-hybridized carbons (Fsp3) is 0.375. The molecule has 96 valence electrons. The molecule has 1 nitrogen and oxygen atoms in total. The Morgan fingerprint density at radius 1 is 1.11 bits per heavy atom. The van der Waals surface area contributed by atoms with E-state index in [1.807, 2.05) is 0 Å². The van der Waals surface area contributed by atoms with E-state index in [2.05, 4.69) is 61.9 Å². The van der Waals surface area contributed by atoms with Crippen LogP contribution >= 0.6 is 11.3 Å². The molecule has 2 heteroatoms. The minimum Gasteiger partial charge on any atom is -0.324 e. The topological polar surface area (TPSA) is 26.0 Å². The maximum Gasteiger partial charge on any atom is 0.0336 e. The van der Waals surface area contributed by atoms with Crippen molar-refractivity contribution in [1.82, 2.24) is 0 Å². The zero-order valence-corrected chi connectivity index (χ0v) is 12.1. The van der Waals surface area contributed by atoms with Crippen molar-refractivity contribution < 1.29 is 0 Å². The lowest BCUT2D eigenvalue weighted by Crippen LogP contribution is -2.15. The summed E-state index contributed by atoms with van der Waals surface area (Å²) in [6, 6.07) is 11.0. The van der Waals surface area contributed by atoms with Gasteiger partial charge in [0.1, 0.15) is 0 Å². The molecule has 1 aromatic carbocycles. The molecule has 2 N–H and O–H groups in total. The van der Waals surface area contributed by atoms with E-state index in [0.717, 1.165) is 6.42 Å². The Hall–Kier alpha value is -1.12. The molecule has 0 saturated heterocycles. The lowest BCUT2D eigenvalue weighted by atomic mass is 9.86. The van der Waals surface area contributed by atoms with Crippen molar-refractivity contribution in [2.45, 2.75) is 38.6 Å². The van der Waals surface area contributed by atoms with Crippen LogP contribution < -0.4 is 5.73 Å². The monoisotopic (exact) mass is 259 g/mol. The molecular weight excluding hydrogens is 238 g/mol. The molecule has 2 aromatic rings. The molecule has 1 aromatic heterocycles. The number of nitrogens with two attached hydrogens (primary N) is 1. The molecule has 0 saturated carbocycles. The van der Waals surface area contributed by atoms with E-state index in [1.165, 1.54) is 16.7 Å². The van der Waals surface area contributed by atoms with Gasteiger partial charge in [0.25, 0.3) is 0 Å². The lowest BCUT2D eigenvalue weighted by molar-refractivity contribution is 0.589. The maximum atomic E-state index is 6.25. The quantitative estimate of drug-likeness (QED) is 0.874. The van der Waals surface area contributed by atoms with Gasteiger partial charge in [0.15, 0.2) is 0 Å². The third-order valence-electron chi connectivity index (χ3n) is 3.24. The van der Waals surface area contributed by atoms with Crippen LogP contribution in [-0.2, 0) is 11.8 Å². The average molecular weight is 259 g/mol. The van der Waals surface area contributed by atoms with E-state index in [-0.39, 0.29) is 11.5 Å². The summed E-state index contributed by atoms with van der Waals surface area (Å²) in [5.41, 5.74) is 10.4. The third kappa shape index (κ3) is 3.21. The van der Waals surface area contributed by atoms with Gasteiger partial charge < -0.3 is 5.73 Å². The molecule has 1 atom stereocenters. The lowest BCUT2D eigenvalue weighted by Gasteiger charge is -2.20. The number of benzene rings is 1. The Bertz CT molecular complexity index is 477. The van der Waals surface area contributed by atoms with Gasteiger partial charge in [-0.05, 0) is 45.4 Å². The van der Waals surface area contributed by atoms with Crippen LogP contribution in [0.2, 0.25) is 0 Å². The fourth-order valence-corrected chi connectivity index (χ4v) is 2.69. The Labute approximate surface area is 114 Å². The summed E-state index contributed by atoms with van der Waals surface area (Å²) in [4.78, 5) is 0. The smallest absolute Gasteiger partial charge is 0.0336 e. The Morgan fingerprint density at radius 2 is 1.78 bits per heavy atom. The largest absolute Gasteiger partial charge is 0.324 e. The summed E-state index contributed by atoms with van der Waals surface area (Å²) in [7, 11) is 0. The Kier molecular flexibility index (Phi) is 3.88. The molecule has 0 aliphatic heterocycles. The van der Waals surface area contributed by atoms with Gasteiger partial charge in [0.2, 0.25) is 0 Å². The minimum absolute atomic E-state index is 0.0913. The van der Waals surface area contributed by atoms with Gasteiger partial charge in [-0.15, -0.1) is 0 Å². The second kappa shape index (κ2) is 5.25. The molecule has 0 aliphatic rings. The van der Waals surface area contributed by atoms with Gasteiger partial charge in [-0.3, -0.25) is 0 Å². The van der Waals surface area contributed by atoms with Crippen molar-refractivity contribution in [1.29, 1.82) is 0 Å². The van der Waals surface area contributed by atoms with Crippen molar-refractivity contribution in [2.24, 2.45) is 5.73 Å². The van der Waals surface area contributed by atoms with Crippen LogP contribution in [-0.4, -0.2) is 0 Å². The van der Waals surface area contributed by atoms with E-state index < -0.39 is 0 Å². The summed E-state index contributed by atoms with van der Waals surface area (Å²) < 4.78 is 0. The summed E-state index contributed by atoms with van der Waals surface area (Å²) in [6.07, 6.45) is 0.915. The molecule has 1 heterocycles. The first-order chi connectivity index (χ1) is 8.47. The summed E-state index contributed by atoms with van der Waals surface area (Å²) in [6.45, 7) is 6.69. The summed E-state index contributed by atoms with van der Waals surface area (Å²) >= 11 is 1.73. The second-order valence-corrected chi connectivity index (χ2v) is 6.59. The molecule has 2 rings (SSSR count). The second-order valence-electron chi connectivity index (χ2n) is 5.81. The van der Waals surface area contributed by atoms with Crippen molar-refractivity contribution in [2.75, 3.05) is 0 Å². The third-order valence-corrected chi connectivity index (χ3v) is 3.97. The SMILES string of the molecule is CC(C)(C)c1ccc(C(N)Cc2ccsc2)cc1. The van der Waals surface area contributed by atoms with Crippen LogP contribution in [0, 0.1) is 0 Å². The number of hydrogen-bond donors (Lipinski definition) is 1. The van der Waals surface area contributed by atoms with Crippen LogP contribution in [0.15, 0.2) is 41.1 Å². The standard InChI is InChI=1S/C16H21NS/c1-16(2,3)14-6-4-13(5-7-14)15(17)10-12-8-9-18-11-12/h4-9,11,15H,10,17H2,1-3H3. The highest BCUT2D eigenvalue weighted by atomic mass is 32.1. The molecule has 0 spiro atoms. The zero-order valence-electron chi connectivity index (χ0n) is 11.3. The van der Waals surface area contributed by atoms with Crippen LogP contribution in [0.1, 0.15) is 43.5 Å². The molecule has 1 unspecified atom stereocenters. The van der Waals surface area contributed by atoms with Crippen LogP contribution in [0.3, 0.4) is 0 Å². The predicted octanol–water partition coefficient (Wildman–Crippen LogP) is 4.29. The van der Waals surface area contributed by atoms with E-state index >= 15 is 0 Å². The number of rotatable bonds is 3. The van der Waals surface area contributed by atoms with Gasteiger partial charge in [-0.1, -0.05) is 45.0 Å². The van der Waals surface area contributed by atoms with Crippen LogP contribution in [0.25, 0.3) is 0 Å².